The third kappa shape index (κ3) is 3.18. The molecule has 1 aromatic rings. The van der Waals surface area contributed by atoms with E-state index in [4.69, 9.17) is 12.6 Å². The fourth-order valence-corrected chi connectivity index (χ4v) is 2.52. The van der Waals surface area contributed by atoms with Gasteiger partial charge in [-0.05, 0) is 32.4 Å². The summed E-state index contributed by atoms with van der Waals surface area (Å²) in [5.41, 5.74) is 1.54. The summed E-state index contributed by atoms with van der Waals surface area (Å²) in [7, 11) is 5.87. The van der Waals surface area contributed by atoms with Crippen LogP contribution in [0.2, 0.25) is 0 Å². The summed E-state index contributed by atoms with van der Waals surface area (Å²) in [6.45, 7) is 9.31. The second-order valence-electron chi connectivity index (χ2n) is 7.47. The van der Waals surface area contributed by atoms with Crippen LogP contribution in [0, 0.1) is 5.41 Å². The first kappa shape index (κ1) is 16.6. The fraction of sp³-hybridized carbons (Fsp3) is 0.529. The van der Waals surface area contributed by atoms with Crippen molar-refractivity contribution in [1.82, 2.24) is 0 Å². The molecule has 0 unspecified atom stereocenters. The number of rotatable bonds is 2. The Hall–Kier alpha value is -1.78. The smallest absolute Gasteiger partial charge is 0.312 e. The van der Waals surface area contributed by atoms with E-state index in [0.29, 0.717) is 11.9 Å². The van der Waals surface area contributed by atoms with Gasteiger partial charge in [-0.25, -0.2) is 0 Å². The minimum absolute atomic E-state index is 0.0519. The molecule has 0 fully saturated rings. The molecular formula is C17H22BNO3. The number of carbonyl (C=O) groups excluding carboxylic acids is 2. The van der Waals surface area contributed by atoms with E-state index in [0.717, 1.165) is 11.3 Å². The second kappa shape index (κ2) is 5.45. The van der Waals surface area contributed by atoms with Crippen molar-refractivity contribution in [1.29, 1.82) is 0 Å². The van der Waals surface area contributed by atoms with E-state index >= 15 is 0 Å². The number of carbonyl (C=O) groups is 2. The highest BCUT2D eigenvalue weighted by Crippen LogP contribution is 2.39. The van der Waals surface area contributed by atoms with Gasteiger partial charge in [0.2, 0.25) is 5.91 Å². The number of amides is 1. The van der Waals surface area contributed by atoms with E-state index in [1.54, 1.807) is 26.8 Å². The highest BCUT2D eigenvalue weighted by molar-refractivity contribution is 6.32. The molecule has 1 aromatic carbocycles. The molecule has 22 heavy (non-hydrogen) atoms. The van der Waals surface area contributed by atoms with E-state index in [2.05, 4.69) is 0 Å². The Labute approximate surface area is 133 Å². The van der Waals surface area contributed by atoms with Crippen molar-refractivity contribution in [3.63, 3.8) is 0 Å². The Bertz CT molecular complexity index is 617. The molecule has 0 atom stereocenters. The summed E-state index contributed by atoms with van der Waals surface area (Å²) in [4.78, 5) is 25.9. The zero-order valence-electron chi connectivity index (χ0n) is 13.9. The van der Waals surface area contributed by atoms with Crippen LogP contribution in [-0.4, -0.2) is 26.5 Å². The Balaban J connectivity index is 2.30. The molecule has 1 aliphatic rings. The van der Waals surface area contributed by atoms with Gasteiger partial charge in [-0.15, -0.1) is 0 Å². The predicted octanol–water partition coefficient (Wildman–Crippen LogP) is 2.04. The molecule has 5 heteroatoms. The van der Waals surface area contributed by atoms with Gasteiger partial charge >= 0.3 is 5.97 Å². The average molecular weight is 299 g/mol. The average Bonchev–Trinajstić information content (AvgIpc) is 2.37. The lowest BCUT2D eigenvalue weighted by Crippen LogP contribution is -2.44. The van der Waals surface area contributed by atoms with Gasteiger partial charge < -0.3 is 4.74 Å². The van der Waals surface area contributed by atoms with Gasteiger partial charge in [-0.2, -0.15) is 0 Å². The van der Waals surface area contributed by atoms with Gasteiger partial charge in [0.25, 0.3) is 0 Å². The maximum absolute atomic E-state index is 12.4. The Kier molecular flexibility index (Phi) is 4.11. The standard InChI is InChI=1S/C17H22BNO3/c1-16(2,3)15(21)22-10-19-13-7-6-11(18)8-12(13)17(4,5)9-14(19)20/h6-8H,9-10H2,1-5H3. The quantitative estimate of drug-likeness (QED) is 0.620. The maximum Gasteiger partial charge on any atom is 0.312 e. The first-order chi connectivity index (χ1) is 10.0. The first-order valence-corrected chi connectivity index (χ1v) is 7.40. The number of nitrogens with zero attached hydrogens (tertiary/aromatic N) is 1. The van der Waals surface area contributed by atoms with Crippen LogP contribution in [0.5, 0.6) is 0 Å². The Morgan fingerprint density at radius 2 is 2.00 bits per heavy atom. The van der Waals surface area contributed by atoms with Crippen molar-refractivity contribution in [3.05, 3.63) is 23.8 Å². The molecule has 0 aliphatic carbocycles. The molecule has 116 valence electrons. The van der Waals surface area contributed by atoms with Crippen LogP contribution in [0.3, 0.4) is 0 Å². The lowest BCUT2D eigenvalue weighted by atomic mass is 9.75. The number of esters is 1. The largest absolute Gasteiger partial charge is 0.443 e. The third-order valence-electron chi connectivity index (χ3n) is 3.87. The lowest BCUT2D eigenvalue weighted by Gasteiger charge is -2.38. The van der Waals surface area contributed by atoms with Crippen molar-refractivity contribution in [2.24, 2.45) is 5.41 Å². The van der Waals surface area contributed by atoms with Gasteiger partial charge in [0.05, 0.1) is 11.1 Å². The number of fused-ring (bicyclic) bond motifs is 1. The highest BCUT2D eigenvalue weighted by atomic mass is 16.5. The Morgan fingerprint density at radius 3 is 2.59 bits per heavy atom. The molecule has 0 bridgehead atoms. The van der Waals surface area contributed by atoms with Crippen molar-refractivity contribution in [3.8, 4) is 0 Å². The molecule has 0 saturated heterocycles. The summed E-state index contributed by atoms with van der Waals surface area (Å²) in [6, 6.07) is 5.46. The van der Waals surface area contributed by atoms with Gasteiger partial charge in [-0.1, -0.05) is 31.4 Å². The van der Waals surface area contributed by atoms with Gasteiger partial charge in [-0.3, -0.25) is 14.5 Å². The molecule has 2 radical (unpaired) electrons. The summed E-state index contributed by atoms with van der Waals surface area (Å²) in [6.07, 6.45) is 0.358. The first-order valence-electron chi connectivity index (χ1n) is 7.40. The summed E-state index contributed by atoms with van der Waals surface area (Å²) >= 11 is 0. The van der Waals surface area contributed by atoms with Crippen molar-refractivity contribution in [2.45, 2.75) is 46.5 Å². The zero-order valence-corrected chi connectivity index (χ0v) is 13.9. The monoisotopic (exact) mass is 299 g/mol. The highest BCUT2D eigenvalue weighted by Gasteiger charge is 2.37. The van der Waals surface area contributed by atoms with E-state index in [9.17, 15) is 9.59 Å². The molecule has 0 N–H and O–H groups in total. The van der Waals surface area contributed by atoms with Crippen LogP contribution >= 0.6 is 0 Å². The summed E-state index contributed by atoms with van der Waals surface area (Å²) in [5.74, 6) is -0.383. The molecule has 0 saturated carbocycles. The molecule has 1 heterocycles. The molecular weight excluding hydrogens is 277 g/mol. The van der Waals surface area contributed by atoms with Crippen LogP contribution in [0.4, 0.5) is 5.69 Å². The third-order valence-corrected chi connectivity index (χ3v) is 3.87. The van der Waals surface area contributed by atoms with Crippen molar-refractivity contribution < 1.29 is 14.3 Å². The van der Waals surface area contributed by atoms with E-state index in [1.807, 2.05) is 26.0 Å². The molecule has 4 nitrogen and oxygen atoms in total. The number of ether oxygens (including phenoxy) is 1. The lowest BCUT2D eigenvalue weighted by molar-refractivity contribution is -0.153. The zero-order chi connectivity index (χ0) is 16.7. The van der Waals surface area contributed by atoms with E-state index in [1.165, 1.54) is 4.90 Å². The van der Waals surface area contributed by atoms with Crippen LogP contribution in [0.15, 0.2) is 18.2 Å². The normalized spacial score (nSPS) is 17.1. The second-order valence-corrected chi connectivity index (χ2v) is 7.47. The van der Waals surface area contributed by atoms with Crippen molar-refractivity contribution >= 4 is 30.9 Å². The Morgan fingerprint density at radius 1 is 1.36 bits per heavy atom. The minimum atomic E-state index is -0.595. The SMILES string of the molecule is [B]c1ccc2c(c1)C(C)(C)CC(=O)N2COC(=O)C(C)(C)C. The topological polar surface area (TPSA) is 46.6 Å². The van der Waals surface area contributed by atoms with Gasteiger partial charge in [0.1, 0.15) is 7.85 Å². The summed E-state index contributed by atoms with van der Waals surface area (Å²) < 4.78 is 5.31. The number of hydrogen-bond donors (Lipinski definition) is 0. The van der Waals surface area contributed by atoms with E-state index < -0.39 is 5.41 Å². The molecule has 1 amide bonds. The van der Waals surface area contributed by atoms with Gasteiger partial charge in [0.15, 0.2) is 6.73 Å². The predicted molar refractivity (Wildman–Crippen MR) is 87.4 cm³/mol. The number of anilines is 1. The van der Waals surface area contributed by atoms with Gasteiger partial charge in [0, 0.05) is 11.8 Å². The van der Waals surface area contributed by atoms with E-state index in [-0.39, 0.29) is 24.0 Å². The molecule has 0 aromatic heterocycles. The van der Waals surface area contributed by atoms with Crippen LogP contribution in [0.1, 0.15) is 46.6 Å². The minimum Gasteiger partial charge on any atom is -0.443 e. The summed E-state index contributed by atoms with van der Waals surface area (Å²) in [5, 5.41) is 0. The number of benzene rings is 1. The fourth-order valence-electron chi connectivity index (χ4n) is 2.52. The van der Waals surface area contributed by atoms with Crippen LogP contribution < -0.4 is 10.4 Å². The molecule has 0 spiro atoms. The van der Waals surface area contributed by atoms with Crippen LogP contribution in [-0.2, 0) is 19.7 Å². The maximum atomic E-state index is 12.4. The van der Waals surface area contributed by atoms with Crippen molar-refractivity contribution in [2.75, 3.05) is 11.6 Å². The molecule has 2 rings (SSSR count). The molecule has 1 aliphatic heterocycles. The number of hydrogen-bond acceptors (Lipinski definition) is 3. The van der Waals surface area contributed by atoms with Crippen LogP contribution in [0.25, 0.3) is 0 Å².